The lowest BCUT2D eigenvalue weighted by Gasteiger charge is -2.27. The van der Waals surface area contributed by atoms with Gasteiger partial charge in [0.1, 0.15) is 5.82 Å². The number of aromatic nitrogens is 1. The van der Waals surface area contributed by atoms with Crippen LogP contribution in [0.25, 0.3) is 0 Å². The van der Waals surface area contributed by atoms with E-state index in [4.69, 9.17) is 11.6 Å². The van der Waals surface area contributed by atoms with E-state index in [0.29, 0.717) is 0 Å². The van der Waals surface area contributed by atoms with Crippen molar-refractivity contribution in [1.82, 2.24) is 4.98 Å². The molecule has 1 nitrogen and oxygen atoms in total. The molecule has 76 valence electrons. The van der Waals surface area contributed by atoms with Crippen molar-refractivity contribution in [2.75, 3.05) is 0 Å². The summed E-state index contributed by atoms with van der Waals surface area (Å²) in [5.41, 5.74) is 0.736. The molecule has 0 spiro atoms. The van der Waals surface area contributed by atoms with E-state index >= 15 is 0 Å². The monoisotopic (exact) mass is 213 g/mol. The van der Waals surface area contributed by atoms with Crippen LogP contribution in [-0.2, 0) is 0 Å². The molecule has 1 aliphatic carbocycles. The topological polar surface area (TPSA) is 12.9 Å². The van der Waals surface area contributed by atoms with E-state index in [1.165, 1.54) is 6.20 Å². The Labute approximate surface area is 88.3 Å². The molecule has 2 rings (SSSR count). The van der Waals surface area contributed by atoms with Crippen molar-refractivity contribution < 1.29 is 4.39 Å². The Hall–Kier alpha value is -0.630. The van der Waals surface area contributed by atoms with Crippen molar-refractivity contribution in [2.24, 2.45) is 0 Å². The van der Waals surface area contributed by atoms with Crippen molar-refractivity contribution in [3.05, 3.63) is 29.8 Å². The number of hydrogen-bond donors (Lipinski definition) is 0. The molecule has 1 heterocycles. The Morgan fingerprint density at radius 1 is 1.36 bits per heavy atom. The largest absolute Gasteiger partial charge is 0.262 e. The number of hydrogen-bond acceptors (Lipinski definition) is 1. The van der Waals surface area contributed by atoms with Gasteiger partial charge in [0, 0.05) is 17.5 Å². The molecule has 0 aromatic carbocycles. The fourth-order valence-electron chi connectivity index (χ4n) is 2.12. The van der Waals surface area contributed by atoms with Crippen LogP contribution < -0.4 is 0 Å². The Kier molecular flexibility index (Phi) is 3.02. The highest BCUT2D eigenvalue weighted by atomic mass is 35.5. The van der Waals surface area contributed by atoms with Crippen LogP contribution in [0.4, 0.5) is 4.39 Å². The standard InChI is InChI=1S/C11H13ClFN/c12-10-4-2-1-3-8(10)9-5-6-14-7-11(9)13/h5-8,10H,1-4H2. The molecule has 3 heteroatoms. The van der Waals surface area contributed by atoms with Gasteiger partial charge in [0.25, 0.3) is 0 Å². The number of halogens is 2. The Balaban J connectivity index is 2.25. The third-order valence-electron chi connectivity index (χ3n) is 2.88. The van der Waals surface area contributed by atoms with E-state index in [0.717, 1.165) is 31.2 Å². The summed E-state index contributed by atoms with van der Waals surface area (Å²) in [5, 5.41) is 0.0839. The van der Waals surface area contributed by atoms with Gasteiger partial charge >= 0.3 is 0 Å². The van der Waals surface area contributed by atoms with Crippen LogP contribution in [-0.4, -0.2) is 10.4 Å². The first-order valence-corrected chi connectivity index (χ1v) is 5.46. The highest BCUT2D eigenvalue weighted by molar-refractivity contribution is 6.21. The average Bonchev–Trinajstić information content (AvgIpc) is 2.20. The molecular weight excluding hydrogens is 201 g/mol. The predicted octanol–water partition coefficient (Wildman–Crippen LogP) is 3.49. The summed E-state index contributed by atoms with van der Waals surface area (Å²) in [4.78, 5) is 3.75. The summed E-state index contributed by atoms with van der Waals surface area (Å²) in [6, 6.07) is 1.75. The van der Waals surface area contributed by atoms with E-state index in [2.05, 4.69) is 4.98 Å². The van der Waals surface area contributed by atoms with Crippen LogP contribution in [0.15, 0.2) is 18.5 Å². The van der Waals surface area contributed by atoms with Gasteiger partial charge in [-0.3, -0.25) is 4.98 Å². The summed E-state index contributed by atoms with van der Waals surface area (Å²) in [6.07, 6.45) is 7.21. The molecule has 1 saturated carbocycles. The molecule has 1 aliphatic rings. The van der Waals surface area contributed by atoms with Crippen molar-refractivity contribution >= 4 is 11.6 Å². The second-order valence-electron chi connectivity index (χ2n) is 3.80. The summed E-state index contributed by atoms with van der Waals surface area (Å²) in [5.74, 6) is -0.0431. The minimum Gasteiger partial charge on any atom is -0.262 e. The van der Waals surface area contributed by atoms with Gasteiger partial charge in [-0.2, -0.15) is 0 Å². The molecule has 0 saturated heterocycles. The Bertz CT molecular complexity index is 316. The first-order chi connectivity index (χ1) is 6.79. The van der Waals surface area contributed by atoms with Gasteiger partial charge in [0.2, 0.25) is 0 Å². The van der Waals surface area contributed by atoms with Gasteiger partial charge in [-0.25, -0.2) is 4.39 Å². The van der Waals surface area contributed by atoms with E-state index in [1.54, 1.807) is 12.3 Å². The molecule has 0 amide bonds. The number of nitrogens with zero attached hydrogens (tertiary/aromatic N) is 1. The first-order valence-electron chi connectivity index (χ1n) is 5.02. The van der Waals surface area contributed by atoms with Crippen molar-refractivity contribution in [1.29, 1.82) is 0 Å². The van der Waals surface area contributed by atoms with Crippen LogP contribution in [0, 0.1) is 5.82 Å². The highest BCUT2D eigenvalue weighted by Crippen LogP contribution is 2.37. The smallest absolute Gasteiger partial charge is 0.144 e. The zero-order valence-electron chi connectivity index (χ0n) is 7.92. The lowest BCUT2D eigenvalue weighted by molar-refractivity contribution is 0.435. The van der Waals surface area contributed by atoms with E-state index < -0.39 is 0 Å². The highest BCUT2D eigenvalue weighted by Gasteiger charge is 2.26. The second-order valence-corrected chi connectivity index (χ2v) is 4.36. The zero-order chi connectivity index (χ0) is 9.97. The molecule has 14 heavy (non-hydrogen) atoms. The minimum atomic E-state index is -0.218. The SMILES string of the molecule is Fc1cnccc1C1CCCCC1Cl. The van der Waals surface area contributed by atoms with Gasteiger partial charge in [0.15, 0.2) is 0 Å². The lowest BCUT2D eigenvalue weighted by Crippen LogP contribution is -2.18. The summed E-state index contributed by atoms with van der Waals surface area (Å²) in [7, 11) is 0. The fourth-order valence-corrected chi connectivity index (χ4v) is 2.54. The van der Waals surface area contributed by atoms with Crippen molar-refractivity contribution in [3.8, 4) is 0 Å². The van der Waals surface area contributed by atoms with Crippen molar-refractivity contribution in [2.45, 2.75) is 37.0 Å². The molecule has 1 fully saturated rings. The number of rotatable bonds is 1. The average molecular weight is 214 g/mol. The zero-order valence-corrected chi connectivity index (χ0v) is 8.67. The van der Waals surface area contributed by atoms with Crippen LogP contribution >= 0.6 is 11.6 Å². The van der Waals surface area contributed by atoms with Gasteiger partial charge in [-0.1, -0.05) is 12.8 Å². The van der Waals surface area contributed by atoms with Crippen LogP contribution in [0.3, 0.4) is 0 Å². The fraction of sp³-hybridized carbons (Fsp3) is 0.545. The van der Waals surface area contributed by atoms with Gasteiger partial charge in [-0.05, 0) is 24.5 Å². The summed E-state index contributed by atoms with van der Waals surface area (Å²) in [6.45, 7) is 0. The molecule has 1 aromatic heterocycles. The molecule has 0 bridgehead atoms. The molecule has 0 radical (unpaired) electrons. The molecule has 1 aromatic rings. The lowest BCUT2D eigenvalue weighted by atomic mass is 9.84. The molecule has 0 aliphatic heterocycles. The maximum Gasteiger partial charge on any atom is 0.144 e. The molecule has 2 unspecified atom stereocenters. The Morgan fingerprint density at radius 3 is 2.86 bits per heavy atom. The van der Waals surface area contributed by atoms with E-state index in [-0.39, 0.29) is 17.1 Å². The van der Waals surface area contributed by atoms with E-state index in [1.807, 2.05) is 0 Å². The third kappa shape index (κ3) is 1.90. The normalized spacial score (nSPS) is 27.6. The van der Waals surface area contributed by atoms with Gasteiger partial charge in [0.05, 0.1) is 6.20 Å². The van der Waals surface area contributed by atoms with Crippen molar-refractivity contribution in [3.63, 3.8) is 0 Å². The van der Waals surface area contributed by atoms with Gasteiger partial charge < -0.3 is 0 Å². The minimum absolute atomic E-state index is 0.0839. The third-order valence-corrected chi connectivity index (χ3v) is 3.41. The molecule has 2 atom stereocenters. The maximum atomic E-state index is 13.4. The maximum absolute atomic E-state index is 13.4. The number of alkyl halides is 1. The molecule has 0 N–H and O–H groups in total. The summed E-state index contributed by atoms with van der Waals surface area (Å²) >= 11 is 6.20. The van der Waals surface area contributed by atoms with E-state index in [9.17, 15) is 4.39 Å². The molecular formula is C11H13ClFN. The number of pyridine rings is 1. The quantitative estimate of drug-likeness (QED) is 0.651. The van der Waals surface area contributed by atoms with Crippen LogP contribution in [0.2, 0.25) is 0 Å². The Morgan fingerprint density at radius 2 is 2.14 bits per heavy atom. The first kappa shape index (κ1) is 9.91. The predicted molar refractivity (Wildman–Crippen MR) is 55.0 cm³/mol. The second kappa shape index (κ2) is 4.26. The van der Waals surface area contributed by atoms with Crippen LogP contribution in [0.1, 0.15) is 37.2 Å². The van der Waals surface area contributed by atoms with Crippen LogP contribution in [0.5, 0.6) is 0 Å². The van der Waals surface area contributed by atoms with Gasteiger partial charge in [-0.15, -0.1) is 11.6 Å². The summed E-state index contributed by atoms with van der Waals surface area (Å²) < 4.78 is 13.4.